The molecule has 2 aliphatic rings. The van der Waals surface area contributed by atoms with Gasteiger partial charge in [0.25, 0.3) is 0 Å². The van der Waals surface area contributed by atoms with Gasteiger partial charge in [0.15, 0.2) is 0 Å². The third-order valence-electron chi connectivity index (χ3n) is 8.74. The van der Waals surface area contributed by atoms with Gasteiger partial charge in [-0.25, -0.2) is 28.1 Å². The quantitative estimate of drug-likeness (QED) is 0.221. The molecule has 2 aliphatic heterocycles. The van der Waals surface area contributed by atoms with E-state index in [9.17, 15) is 13.2 Å². The molecule has 3 aromatic heterocycles. The van der Waals surface area contributed by atoms with Crippen molar-refractivity contribution in [1.29, 1.82) is 0 Å². The largest absolute Gasteiger partial charge is 0.487 e. The Morgan fingerprint density at radius 1 is 1.02 bits per heavy atom. The lowest BCUT2D eigenvalue weighted by atomic mass is 10.1. The number of anilines is 1. The maximum Gasteiger partial charge on any atom is 0.245 e. The number of rotatable bonds is 8. The molecule has 2 fully saturated rings. The summed E-state index contributed by atoms with van der Waals surface area (Å²) >= 11 is 13.4. The summed E-state index contributed by atoms with van der Waals surface area (Å²) in [5.74, 6) is 1.12. The van der Waals surface area contributed by atoms with E-state index in [1.807, 2.05) is 43.3 Å². The first kappa shape index (κ1) is 32.3. The van der Waals surface area contributed by atoms with Crippen molar-refractivity contribution in [1.82, 2.24) is 33.9 Å². The average Bonchev–Trinajstić information content (AvgIpc) is 3.82. The molecule has 5 heterocycles. The zero-order chi connectivity index (χ0) is 33.4. The zero-order valence-corrected chi connectivity index (χ0v) is 28.4. The molecule has 0 radical (unpaired) electrons. The Morgan fingerprint density at radius 3 is 2.60 bits per heavy atom. The van der Waals surface area contributed by atoms with Gasteiger partial charge < -0.3 is 14.5 Å². The number of pyridine rings is 2. The predicted molar refractivity (Wildman–Crippen MR) is 182 cm³/mol. The smallest absolute Gasteiger partial charge is 0.245 e. The molecule has 0 N–H and O–H groups in total. The Balaban J connectivity index is 1.11. The molecule has 0 spiro atoms. The number of aryl methyl sites for hydroxylation is 1. The summed E-state index contributed by atoms with van der Waals surface area (Å²) < 4.78 is 37.4. The number of carbonyl (C=O) groups excluding carboxylic acids is 1. The van der Waals surface area contributed by atoms with Crippen LogP contribution in [-0.4, -0.2) is 87.0 Å². The Bertz CT molecular complexity index is 2070. The van der Waals surface area contributed by atoms with Gasteiger partial charge in [-0.1, -0.05) is 41.4 Å². The maximum absolute atomic E-state index is 14.1. The number of amides is 1. The fraction of sp³-hybridized carbons (Fsp3) is 0.303. The van der Waals surface area contributed by atoms with Crippen LogP contribution in [0.3, 0.4) is 0 Å². The molecule has 48 heavy (non-hydrogen) atoms. The highest BCUT2D eigenvalue weighted by Gasteiger charge is 2.42. The molecule has 0 aliphatic carbocycles. The van der Waals surface area contributed by atoms with Crippen LogP contribution in [0.2, 0.25) is 10.0 Å². The maximum atomic E-state index is 14.1. The van der Waals surface area contributed by atoms with E-state index in [-0.39, 0.29) is 34.0 Å². The minimum absolute atomic E-state index is 0.0442. The van der Waals surface area contributed by atoms with E-state index in [0.29, 0.717) is 55.9 Å². The minimum atomic E-state index is -4.16. The van der Waals surface area contributed by atoms with Crippen molar-refractivity contribution >= 4 is 55.9 Å². The van der Waals surface area contributed by atoms with E-state index >= 15 is 0 Å². The second kappa shape index (κ2) is 13.3. The fourth-order valence-electron chi connectivity index (χ4n) is 6.33. The molecule has 2 aromatic carbocycles. The van der Waals surface area contributed by atoms with E-state index in [4.69, 9.17) is 32.9 Å². The van der Waals surface area contributed by atoms with Crippen LogP contribution in [0.1, 0.15) is 24.1 Å². The summed E-state index contributed by atoms with van der Waals surface area (Å²) in [6.07, 6.45) is 5.80. The average molecular weight is 708 g/mol. The molecule has 12 nitrogen and oxygen atoms in total. The molecule has 15 heteroatoms. The van der Waals surface area contributed by atoms with Crippen molar-refractivity contribution in [3.8, 4) is 11.4 Å². The van der Waals surface area contributed by atoms with Gasteiger partial charge >= 0.3 is 0 Å². The van der Waals surface area contributed by atoms with E-state index < -0.39 is 16.1 Å². The second-order valence-corrected chi connectivity index (χ2v) is 14.3. The normalized spacial score (nSPS) is 17.3. The molecule has 1 atom stereocenters. The highest BCUT2D eigenvalue weighted by molar-refractivity contribution is 7.89. The first-order valence-electron chi connectivity index (χ1n) is 15.5. The van der Waals surface area contributed by atoms with Crippen molar-refractivity contribution in [2.24, 2.45) is 0 Å². The minimum Gasteiger partial charge on any atom is -0.487 e. The highest BCUT2D eigenvalue weighted by atomic mass is 35.5. The van der Waals surface area contributed by atoms with Crippen LogP contribution in [0.5, 0.6) is 5.75 Å². The number of halogens is 2. The SMILES string of the molecule is Cc1cc(-n2cncn2)c2cccc(OCc3c(Cl)ccc(S(=O)(=O)N4CCC[C@H]4C(=O)N4CCN(c5ccccn5)CC4)c3Cl)c2n1. The lowest BCUT2D eigenvalue weighted by molar-refractivity contribution is -0.134. The van der Waals surface area contributed by atoms with E-state index in [1.165, 1.54) is 22.8 Å². The van der Waals surface area contributed by atoms with Crippen molar-refractivity contribution in [2.75, 3.05) is 37.6 Å². The Labute approximate surface area is 287 Å². The van der Waals surface area contributed by atoms with Gasteiger partial charge in [0.2, 0.25) is 15.9 Å². The van der Waals surface area contributed by atoms with E-state index in [1.54, 1.807) is 28.2 Å². The van der Waals surface area contributed by atoms with E-state index in [2.05, 4.69) is 20.0 Å². The summed E-state index contributed by atoms with van der Waals surface area (Å²) in [5, 5.41) is 5.26. The molecule has 248 valence electrons. The van der Waals surface area contributed by atoms with Crippen LogP contribution in [0.4, 0.5) is 5.82 Å². The van der Waals surface area contributed by atoms with E-state index in [0.717, 1.165) is 22.6 Å². The Hall–Kier alpha value is -4.30. The number of hydrogen-bond acceptors (Lipinski definition) is 9. The number of hydrogen-bond donors (Lipinski definition) is 0. The zero-order valence-electron chi connectivity index (χ0n) is 26.0. The third kappa shape index (κ3) is 6.07. The van der Waals surface area contributed by atoms with Gasteiger partial charge in [0, 0.05) is 60.6 Å². The first-order valence-corrected chi connectivity index (χ1v) is 17.7. The number of fused-ring (bicyclic) bond motifs is 1. The topological polar surface area (TPSA) is 127 Å². The number of benzene rings is 2. The van der Waals surface area contributed by atoms with Gasteiger partial charge in [-0.05, 0) is 56.2 Å². The molecule has 0 unspecified atom stereocenters. The molecule has 2 saturated heterocycles. The summed E-state index contributed by atoms with van der Waals surface area (Å²) in [7, 11) is -4.16. The Morgan fingerprint density at radius 2 is 1.85 bits per heavy atom. The fourth-order valence-corrected chi connectivity index (χ4v) is 8.85. The number of nitrogens with zero attached hydrogens (tertiary/aromatic N) is 8. The predicted octanol–water partition coefficient (Wildman–Crippen LogP) is 4.91. The van der Waals surface area contributed by atoms with Gasteiger partial charge in [0.05, 0.1) is 10.7 Å². The first-order chi connectivity index (χ1) is 23.2. The molecule has 1 amide bonds. The lowest BCUT2D eigenvalue weighted by Gasteiger charge is -2.37. The highest BCUT2D eigenvalue weighted by Crippen LogP contribution is 2.37. The number of sulfonamides is 1. The molecule has 5 aromatic rings. The van der Waals surface area contributed by atoms with Gasteiger partial charge in [0.1, 0.15) is 47.3 Å². The summed E-state index contributed by atoms with van der Waals surface area (Å²) in [6.45, 7) is 4.16. The number of carbonyl (C=O) groups is 1. The number of ether oxygens (including phenoxy) is 1. The van der Waals surface area contributed by atoms with Crippen molar-refractivity contribution in [2.45, 2.75) is 37.3 Å². The number of aromatic nitrogens is 5. The Kier molecular flexibility index (Phi) is 8.94. The summed E-state index contributed by atoms with van der Waals surface area (Å²) in [6, 6.07) is 15.2. The van der Waals surface area contributed by atoms with Crippen molar-refractivity contribution in [3.05, 3.63) is 94.8 Å². The molecular weight excluding hydrogens is 675 g/mol. The molecule has 0 saturated carbocycles. The van der Waals surface area contributed by atoms with Gasteiger partial charge in [-0.3, -0.25) is 4.79 Å². The molecule has 7 rings (SSSR count). The van der Waals surface area contributed by atoms with Crippen molar-refractivity contribution in [3.63, 3.8) is 0 Å². The van der Waals surface area contributed by atoms with Crippen molar-refractivity contribution < 1.29 is 17.9 Å². The van der Waals surface area contributed by atoms with Crippen LogP contribution < -0.4 is 9.64 Å². The van der Waals surface area contributed by atoms with Gasteiger partial charge in [-0.2, -0.15) is 9.40 Å². The lowest BCUT2D eigenvalue weighted by Crippen LogP contribution is -2.54. The standard InChI is InChI=1S/C33H32Cl2N8O4S/c1-22-18-27(42-21-36-20-38-42)23-6-4-8-28(32(23)39-22)47-19-24-25(34)10-11-29(31(24)35)48(45,46)43-13-5-7-26(43)33(44)41-16-14-40(15-17-41)30-9-2-3-12-37-30/h2-4,6,8-12,18,20-21,26H,5,7,13-17,19H2,1H3/t26-/m0/s1. The van der Waals surface area contributed by atoms with Crippen LogP contribution in [-0.2, 0) is 21.4 Å². The van der Waals surface area contributed by atoms with Crippen LogP contribution in [0.25, 0.3) is 16.6 Å². The molecular formula is C33H32Cl2N8O4S. The second-order valence-electron chi connectivity index (χ2n) is 11.7. The van der Waals surface area contributed by atoms with Gasteiger partial charge in [-0.15, -0.1) is 0 Å². The van der Waals surface area contributed by atoms with Crippen LogP contribution in [0.15, 0.2) is 78.3 Å². The number of para-hydroxylation sites is 1. The summed E-state index contributed by atoms with van der Waals surface area (Å²) in [4.78, 5) is 30.6. The summed E-state index contributed by atoms with van der Waals surface area (Å²) in [5.41, 5.74) is 2.44. The third-order valence-corrected chi connectivity index (χ3v) is 11.6. The van der Waals surface area contributed by atoms with Crippen LogP contribution >= 0.6 is 23.2 Å². The monoisotopic (exact) mass is 706 g/mol. The molecule has 0 bridgehead atoms. The number of piperazine rings is 1. The van der Waals surface area contributed by atoms with Crippen LogP contribution in [0, 0.1) is 6.92 Å².